The standard InChI is InChI=1S/C25H27ClN2O5S/c1-16-6-8-23(33-5)24(13-16)34(30,31)28(20-11-17(2)10-18(3)12-20)15-25(29)27-21-14-19(26)7-9-22(21)32-4/h6-14H,15H2,1-5H3,(H,27,29). The van der Waals surface area contributed by atoms with Crippen LogP contribution < -0.4 is 19.1 Å². The lowest BCUT2D eigenvalue weighted by molar-refractivity contribution is -0.114. The minimum absolute atomic E-state index is 0.0257. The minimum Gasteiger partial charge on any atom is -0.495 e. The van der Waals surface area contributed by atoms with Gasteiger partial charge < -0.3 is 14.8 Å². The molecule has 0 heterocycles. The van der Waals surface area contributed by atoms with Crippen LogP contribution in [-0.4, -0.2) is 35.1 Å². The highest BCUT2D eigenvalue weighted by atomic mass is 35.5. The Balaban J connectivity index is 2.08. The highest BCUT2D eigenvalue weighted by molar-refractivity contribution is 7.93. The van der Waals surface area contributed by atoms with Gasteiger partial charge in [-0.05, 0) is 79.9 Å². The Bertz CT molecular complexity index is 1300. The fourth-order valence-corrected chi connectivity index (χ4v) is 5.43. The van der Waals surface area contributed by atoms with Crippen LogP contribution in [0.25, 0.3) is 0 Å². The Morgan fingerprint density at radius 1 is 0.882 bits per heavy atom. The largest absolute Gasteiger partial charge is 0.495 e. The average Bonchev–Trinajstić information content (AvgIpc) is 2.76. The lowest BCUT2D eigenvalue weighted by Crippen LogP contribution is -2.38. The maximum atomic E-state index is 13.9. The third-order valence-corrected chi connectivity index (χ3v) is 7.13. The van der Waals surface area contributed by atoms with Gasteiger partial charge in [-0.15, -0.1) is 0 Å². The summed E-state index contributed by atoms with van der Waals surface area (Å²) in [6, 6.07) is 15.0. The number of sulfonamides is 1. The molecule has 0 radical (unpaired) electrons. The number of aryl methyl sites for hydroxylation is 3. The molecule has 0 saturated heterocycles. The molecule has 34 heavy (non-hydrogen) atoms. The summed E-state index contributed by atoms with van der Waals surface area (Å²) < 4.78 is 39.4. The van der Waals surface area contributed by atoms with E-state index in [0.717, 1.165) is 21.0 Å². The van der Waals surface area contributed by atoms with Gasteiger partial charge in [0.2, 0.25) is 5.91 Å². The fourth-order valence-electron chi connectivity index (χ4n) is 3.61. The summed E-state index contributed by atoms with van der Waals surface area (Å²) in [6.45, 7) is 5.05. The Hall–Kier alpha value is -3.23. The second-order valence-electron chi connectivity index (χ2n) is 7.90. The number of carbonyl (C=O) groups excluding carboxylic acids is 1. The smallest absolute Gasteiger partial charge is 0.268 e. The molecule has 0 aromatic heterocycles. The molecule has 0 aliphatic carbocycles. The molecule has 3 aromatic carbocycles. The third-order valence-electron chi connectivity index (χ3n) is 5.10. The highest BCUT2D eigenvalue weighted by Crippen LogP contribution is 2.32. The summed E-state index contributed by atoms with van der Waals surface area (Å²) in [5, 5.41) is 3.11. The molecule has 0 saturated carbocycles. The van der Waals surface area contributed by atoms with Crippen LogP contribution in [0, 0.1) is 20.8 Å². The molecule has 0 spiro atoms. The van der Waals surface area contributed by atoms with E-state index >= 15 is 0 Å². The zero-order valence-corrected chi connectivity index (χ0v) is 21.3. The number of anilines is 2. The Morgan fingerprint density at radius 3 is 2.12 bits per heavy atom. The molecule has 0 bridgehead atoms. The molecule has 3 aromatic rings. The van der Waals surface area contributed by atoms with Crippen molar-refractivity contribution in [1.29, 1.82) is 0 Å². The average molecular weight is 503 g/mol. The van der Waals surface area contributed by atoms with E-state index in [1.54, 1.807) is 43.3 Å². The van der Waals surface area contributed by atoms with E-state index in [-0.39, 0.29) is 10.6 Å². The van der Waals surface area contributed by atoms with Crippen molar-refractivity contribution < 1.29 is 22.7 Å². The van der Waals surface area contributed by atoms with Crippen LogP contribution in [0.2, 0.25) is 5.02 Å². The van der Waals surface area contributed by atoms with E-state index in [2.05, 4.69) is 5.32 Å². The molecule has 0 atom stereocenters. The first-order valence-electron chi connectivity index (χ1n) is 10.4. The second kappa shape index (κ2) is 10.4. The molecule has 0 aliphatic heterocycles. The molecular formula is C25H27ClN2O5S. The normalized spacial score (nSPS) is 11.1. The molecule has 180 valence electrons. The number of benzene rings is 3. The van der Waals surface area contributed by atoms with Gasteiger partial charge in [0, 0.05) is 5.02 Å². The predicted molar refractivity (Wildman–Crippen MR) is 135 cm³/mol. The maximum Gasteiger partial charge on any atom is 0.268 e. The van der Waals surface area contributed by atoms with Crippen LogP contribution in [0.4, 0.5) is 11.4 Å². The zero-order chi connectivity index (χ0) is 25.0. The van der Waals surface area contributed by atoms with Crippen LogP contribution >= 0.6 is 11.6 Å². The summed E-state index contributed by atoms with van der Waals surface area (Å²) >= 11 is 6.07. The minimum atomic E-state index is -4.17. The quantitative estimate of drug-likeness (QED) is 0.462. The summed E-state index contributed by atoms with van der Waals surface area (Å²) in [4.78, 5) is 13.1. The molecule has 7 nitrogen and oxygen atoms in total. The van der Waals surface area contributed by atoms with Gasteiger partial charge in [-0.3, -0.25) is 9.10 Å². The van der Waals surface area contributed by atoms with Crippen LogP contribution in [-0.2, 0) is 14.8 Å². The molecule has 1 amide bonds. The number of hydrogen-bond donors (Lipinski definition) is 1. The van der Waals surface area contributed by atoms with E-state index in [4.69, 9.17) is 21.1 Å². The number of halogens is 1. The summed E-state index contributed by atoms with van der Waals surface area (Å²) in [7, 11) is -1.30. The number of methoxy groups -OCH3 is 2. The molecule has 3 rings (SSSR count). The van der Waals surface area contributed by atoms with Crippen molar-refractivity contribution in [1.82, 2.24) is 0 Å². The number of hydrogen-bond acceptors (Lipinski definition) is 5. The first-order chi connectivity index (χ1) is 16.0. The molecule has 0 unspecified atom stereocenters. The van der Waals surface area contributed by atoms with Crippen molar-refractivity contribution >= 4 is 38.9 Å². The van der Waals surface area contributed by atoms with Crippen LogP contribution in [0.1, 0.15) is 16.7 Å². The second-order valence-corrected chi connectivity index (χ2v) is 10.2. The molecule has 9 heteroatoms. The Morgan fingerprint density at radius 2 is 1.50 bits per heavy atom. The number of ether oxygens (including phenoxy) is 2. The maximum absolute atomic E-state index is 13.9. The molecule has 0 aliphatic rings. The fraction of sp³-hybridized carbons (Fsp3) is 0.240. The van der Waals surface area contributed by atoms with E-state index in [1.165, 1.54) is 26.4 Å². The van der Waals surface area contributed by atoms with Gasteiger partial charge in [-0.1, -0.05) is 23.7 Å². The summed E-state index contributed by atoms with van der Waals surface area (Å²) in [6.07, 6.45) is 0. The molecule has 1 N–H and O–H groups in total. The van der Waals surface area contributed by atoms with Crippen molar-refractivity contribution in [3.63, 3.8) is 0 Å². The first-order valence-corrected chi connectivity index (χ1v) is 12.3. The van der Waals surface area contributed by atoms with Gasteiger partial charge in [0.15, 0.2) is 0 Å². The van der Waals surface area contributed by atoms with E-state index in [1.807, 2.05) is 19.9 Å². The number of rotatable bonds is 8. The van der Waals surface area contributed by atoms with Gasteiger partial charge in [-0.25, -0.2) is 8.42 Å². The van der Waals surface area contributed by atoms with Crippen molar-refractivity contribution in [3.8, 4) is 11.5 Å². The third kappa shape index (κ3) is 5.63. The van der Waals surface area contributed by atoms with Crippen molar-refractivity contribution in [3.05, 3.63) is 76.3 Å². The van der Waals surface area contributed by atoms with Gasteiger partial charge in [-0.2, -0.15) is 0 Å². The summed E-state index contributed by atoms with van der Waals surface area (Å²) in [5.41, 5.74) is 3.18. The zero-order valence-electron chi connectivity index (χ0n) is 19.7. The highest BCUT2D eigenvalue weighted by Gasteiger charge is 2.30. The monoisotopic (exact) mass is 502 g/mol. The van der Waals surface area contributed by atoms with Gasteiger partial charge in [0.05, 0.1) is 25.6 Å². The Kier molecular flexibility index (Phi) is 7.74. The molecule has 0 fully saturated rings. The number of carbonyl (C=O) groups is 1. The Labute approximate surface area is 205 Å². The van der Waals surface area contributed by atoms with E-state index in [0.29, 0.717) is 22.1 Å². The van der Waals surface area contributed by atoms with Gasteiger partial charge >= 0.3 is 0 Å². The SMILES string of the molecule is COc1ccc(Cl)cc1NC(=O)CN(c1cc(C)cc(C)c1)S(=O)(=O)c1cc(C)ccc1OC. The van der Waals surface area contributed by atoms with Gasteiger partial charge in [0.1, 0.15) is 22.9 Å². The number of nitrogens with one attached hydrogen (secondary N) is 1. The van der Waals surface area contributed by atoms with Crippen molar-refractivity contribution in [2.24, 2.45) is 0 Å². The predicted octanol–water partition coefficient (Wildman–Crippen LogP) is 5.12. The topological polar surface area (TPSA) is 84.9 Å². The van der Waals surface area contributed by atoms with Crippen molar-refractivity contribution in [2.75, 3.05) is 30.4 Å². The lowest BCUT2D eigenvalue weighted by atomic mass is 10.1. The number of nitrogens with zero attached hydrogens (tertiary/aromatic N) is 1. The van der Waals surface area contributed by atoms with Gasteiger partial charge in [0.25, 0.3) is 10.0 Å². The molecular weight excluding hydrogens is 476 g/mol. The van der Waals surface area contributed by atoms with Crippen LogP contribution in [0.5, 0.6) is 11.5 Å². The first kappa shape index (κ1) is 25.4. The van der Waals surface area contributed by atoms with Crippen molar-refractivity contribution in [2.45, 2.75) is 25.7 Å². The number of amides is 1. The van der Waals surface area contributed by atoms with Crippen LogP contribution in [0.15, 0.2) is 59.5 Å². The van der Waals surface area contributed by atoms with E-state index in [9.17, 15) is 13.2 Å². The van der Waals surface area contributed by atoms with Crippen LogP contribution in [0.3, 0.4) is 0 Å². The summed E-state index contributed by atoms with van der Waals surface area (Å²) in [5.74, 6) is 0.0331. The van der Waals surface area contributed by atoms with E-state index < -0.39 is 22.5 Å². The lowest BCUT2D eigenvalue weighted by Gasteiger charge is -2.26.